The first-order valence-corrected chi connectivity index (χ1v) is 15.8. The Morgan fingerprint density at radius 1 is 0.382 bits per heavy atom. The molecule has 0 spiro atoms. The van der Waals surface area contributed by atoms with E-state index >= 15 is 0 Å². The van der Waals surface area contributed by atoms with Crippen LogP contribution in [0.5, 0.6) is 0 Å². The van der Waals surface area contributed by atoms with Crippen LogP contribution in [0.4, 0.5) is 0 Å². The molecule has 2 nitrogen and oxygen atoms in total. The van der Waals surface area contributed by atoms with Crippen molar-refractivity contribution in [3.63, 3.8) is 0 Å². The molecule has 0 bridgehead atoms. The van der Waals surface area contributed by atoms with Crippen molar-refractivity contribution in [3.8, 4) is 0 Å². The van der Waals surface area contributed by atoms with Crippen LogP contribution in [0.3, 0.4) is 0 Å². The summed E-state index contributed by atoms with van der Waals surface area (Å²) in [4.78, 5) is 0. The number of unbranched alkanes of at least 4 members (excludes halogenated alkanes) is 22. The quantitative estimate of drug-likeness (QED) is 0.0667. The molecular formula is C32H66N2. The van der Waals surface area contributed by atoms with Gasteiger partial charge in [0, 0.05) is 0 Å². The SMILES string of the molecule is CCCCCCCC/C=C\CCCCCCCCCCCCCCC(N)(N)CCCCCCC. The van der Waals surface area contributed by atoms with Crippen molar-refractivity contribution in [2.45, 2.75) is 193 Å². The third-order valence-corrected chi connectivity index (χ3v) is 7.40. The highest BCUT2D eigenvalue weighted by Gasteiger charge is 2.17. The molecule has 0 aliphatic carbocycles. The minimum Gasteiger partial charge on any atom is -0.313 e. The van der Waals surface area contributed by atoms with Crippen molar-refractivity contribution in [2.24, 2.45) is 11.5 Å². The normalized spacial score (nSPS) is 12.2. The molecule has 0 heterocycles. The summed E-state index contributed by atoms with van der Waals surface area (Å²) in [5.41, 5.74) is 12.2. The number of rotatable bonds is 28. The lowest BCUT2D eigenvalue weighted by molar-refractivity contribution is 0.345. The van der Waals surface area contributed by atoms with E-state index in [4.69, 9.17) is 11.5 Å². The first kappa shape index (κ1) is 33.7. The lowest BCUT2D eigenvalue weighted by Gasteiger charge is -2.24. The molecule has 0 amide bonds. The maximum absolute atomic E-state index is 6.29. The van der Waals surface area contributed by atoms with E-state index in [1.165, 1.54) is 161 Å². The minimum absolute atomic E-state index is 0.421. The Morgan fingerprint density at radius 2 is 0.647 bits per heavy atom. The Balaban J connectivity index is 3.23. The van der Waals surface area contributed by atoms with Crippen LogP contribution in [0.1, 0.15) is 187 Å². The predicted molar refractivity (Wildman–Crippen MR) is 156 cm³/mol. The highest BCUT2D eigenvalue weighted by molar-refractivity contribution is 4.81. The fraction of sp³-hybridized carbons (Fsp3) is 0.938. The van der Waals surface area contributed by atoms with Crippen molar-refractivity contribution in [2.75, 3.05) is 0 Å². The molecule has 0 aromatic heterocycles. The largest absolute Gasteiger partial charge is 0.313 e. The fourth-order valence-corrected chi connectivity index (χ4v) is 4.94. The van der Waals surface area contributed by atoms with Crippen LogP contribution >= 0.6 is 0 Å². The van der Waals surface area contributed by atoms with Gasteiger partial charge in [-0.15, -0.1) is 0 Å². The number of allylic oxidation sites excluding steroid dienone is 2. The molecule has 0 aromatic carbocycles. The summed E-state index contributed by atoms with van der Waals surface area (Å²) in [6.07, 6.45) is 41.0. The van der Waals surface area contributed by atoms with E-state index in [0.29, 0.717) is 0 Å². The molecule has 204 valence electrons. The smallest absolute Gasteiger partial charge is 0.0636 e. The lowest BCUT2D eigenvalue weighted by Crippen LogP contribution is -2.49. The zero-order valence-electron chi connectivity index (χ0n) is 23.9. The van der Waals surface area contributed by atoms with Gasteiger partial charge in [0.1, 0.15) is 0 Å². The second-order valence-electron chi connectivity index (χ2n) is 11.2. The van der Waals surface area contributed by atoms with Crippen LogP contribution in [0.2, 0.25) is 0 Å². The molecule has 0 aromatic rings. The Hall–Kier alpha value is -0.340. The summed E-state index contributed by atoms with van der Waals surface area (Å²) in [5, 5.41) is 0. The molecular weight excluding hydrogens is 412 g/mol. The first-order valence-electron chi connectivity index (χ1n) is 15.8. The maximum Gasteiger partial charge on any atom is 0.0636 e. The molecule has 0 rings (SSSR count). The van der Waals surface area contributed by atoms with Crippen LogP contribution in [0, 0.1) is 0 Å². The van der Waals surface area contributed by atoms with Gasteiger partial charge in [0.05, 0.1) is 5.66 Å². The monoisotopic (exact) mass is 479 g/mol. The van der Waals surface area contributed by atoms with Gasteiger partial charge in [-0.1, -0.05) is 161 Å². The summed E-state index contributed by atoms with van der Waals surface area (Å²) >= 11 is 0. The second kappa shape index (κ2) is 27.3. The van der Waals surface area contributed by atoms with Gasteiger partial charge in [-0.05, 0) is 38.5 Å². The van der Waals surface area contributed by atoms with Crippen LogP contribution in [0.25, 0.3) is 0 Å². The van der Waals surface area contributed by atoms with Crippen molar-refractivity contribution >= 4 is 0 Å². The van der Waals surface area contributed by atoms with E-state index in [2.05, 4.69) is 26.0 Å². The van der Waals surface area contributed by atoms with Gasteiger partial charge in [0.15, 0.2) is 0 Å². The second-order valence-corrected chi connectivity index (χ2v) is 11.2. The summed E-state index contributed by atoms with van der Waals surface area (Å²) < 4.78 is 0. The van der Waals surface area contributed by atoms with E-state index in [1.807, 2.05) is 0 Å². The number of nitrogens with two attached hydrogens (primary N) is 2. The van der Waals surface area contributed by atoms with Gasteiger partial charge in [-0.25, -0.2) is 0 Å². The van der Waals surface area contributed by atoms with Crippen molar-refractivity contribution in [1.29, 1.82) is 0 Å². The van der Waals surface area contributed by atoms with E-state index in [9.17, 15) is 0 Å². The van der Waals surface area contributed by atoms with Gasteiger partial charge in [-0.3, -0.25) is 0 Å². The van der Waals surface area contributed by atoms with Crippen LogP contribution in [0.15, 0.2) is 12.2 Å². The molecule has 0 unspecified atom stereocenters. The maximum atomic E-state index is 6.29. The molecule has 2 heteroatoms. The Labute approximate surface area is 216 Å². The van der Waals surface area contributed by atoms with Gasteiger partial charge >= 0.3 is 0 Å². The molecule has 34 heavy (non-hydrogen) atoms. The molecule has 4 N–H and O–H groups in total. The zero-order chi connectivity index (χ0) is 25.0. The molecule has 0 saturated heterocycles. The van der Waals surface area contributed by atoms with Gasteiger partial charge in [0.25, 0.3) is 0 Å². The number of hydrogen-bond acceptors (Lipinski definition) is 2. The molecule has 0 atom stereocenters. The Morgan fingerprint density at radius 3 is 0.971 bits per heavy atom. The first-order chi connectivity index (χ1) is 16.6. The number of hydrogen-bond donors (Lipinski definition) is 2. The topological polar surface area (TPSA) is 52.0 Å². The summed E-state index contributed by atoms with van der Waals surface area (Å²) in [6, 6.07) is 0. The molecule has 0 aliphatic heterocycles. The molecule has 0 fully saturated rings. The van der Waals surface area contributed by atoms with Gasteiger partial charge in [0.2, 0.25) is 0 Å². The average molecular weight is 479 g/mol. The lowest BCUT2D eigenvalue weighted by atomic mass is 9.95. The standard InChI is InChI=1S/C32H66N2/c1-3-5-7-9-10-11-12-13-14-15-16-17-18-19-20-21-22-23-24-25-27-29-31-32(33,34)30-28-26-8-6-4-2/h13-14H,3-12,15-31,33-34H2,1-2H3/b14-13-. The van der Waals surface area contributed by atoms with Crippen LogP contribution in [-0.4, -0.2) is 5.66 Å². The van der Waals surface area contributed by atoms with E-state index in [1.54, 1.807) is 0 Å². The minimum atomic E-state index is -0.421. The molecule has 0 saturated carbocycles. The zero-order valence-corrected chi connectivity index (χ0v) is 23.9. The highest BCUT2D eigenvalue weighted by atomic mass is 14.9. The van der Waals surface area contributed by atoms with E-state index < -0.39 is 5.66 Å². The average Bonchev–Trinajstić information content (AvgIpc) is 2.82. The van der Waals surface area contributed by atoms with E-state index in [0.717, 1.165) is 12.8 Å². The summed E-state index contributed by atoms with van der Waals surface area (Å²) in [5.74, 6) is 0. The highest BCUT2D eigenvalue weighted by Crippen LogP contribution is 2.18. The molecule has 0 radical (unpaired) electrons. The van der Waals surface area contributed by atoms with Crippen molar-refractivity contribution in [1.82, 2.24) is 0 Å². The predicted octanol–water partition coefficient (Wildman–Crippen LogP) is 10.7. The van der Waals surface area contributed by atoms with Crippen molar-refractivity contribution in [3.05, 3.63) is 12.2 Å². The third-order valence-electron chi connectivity index (χ3n) is 7.40. The van der Waals surface area contributed by atoms with Gasteiger partial charge in [-0.2, -0.15) is 0 Å². The summed E-state index contributed by atoms with van der Waals surface area (Å²) in [7, 11) is 0. The Bertz CT molecular complexity index is 402. The molecule has 0 aliphatic rings. The van der Waals surface area contributed by atoms with E-state index in [-0.39, 0.29) is 0 Å². The van der Waals surface area contributed by atoms with Crippen LogP contribution in [-0.2, 0) is 0 Å². The van der Waals surface area contributed by atoms with Crippen molar-refractivity contribution < 1.29 is 0 Å². The summed E-state index contributed by atoms with van der Waals surface area (Å²) in [6.45, 7) is 4.55. The van der Waals surface area contributed by atoms with Crippen LogP contribution < -0.4 is 11.5 Å². The van der Waals surface area contributed by atoms with Gasteiger partial charge < -0.3 is 11.5 Å². The third kappa shape index (κ3) is 27.9. The Kier molecular flexibility index (Phi) is 27.0. The fourth-order valence-electron chi connectivity index (χ4n) is 4.94.